The first kappa shape index (κ1) is 22.6. The number of halogens is 1. The number of rotatable bonds is 4. The van der Waals surface area contributed by atoms with Crippen LogP contribution in [-0.2, 0) is 4.57 Å². The molecular formula is C24H27FN7OP. The number of piperidine rings is 1. The summed E-state index contributed by atoms with van der Waals surface area (Å²) in [7, 11) is -2.79. The standard InChI is InChI=1S/C24H27FN7OP/c1-24(2)9-7-15(12-28-24)30-23-19(25)21(32-18(31-23)8-10-29-32)17-13-27-20-16(17)6-5-14(11-26)22(20)34(3,4)33/h5-6,8,10,13,15,27-28H,7,9,12H2,1-4H3,(H,30,31)/t15-/m0/s1. The molecule has 0 saturated carbocycles. The number of hydrogen-bond acceptors (Lipinski definition) is 6. The Morgan fingerprint density at radius 1 is 1.32 bits per heavy atom. The average molecular weight is 480 g/mol. The minimum absolute atomic E-state index is 0.0482. The van der Waals surface area contributed by atoms with Gasteiger partial charge in [0.1, 0.15) is 12.8 Å². The van der Waals surface area contributed by atoms with Gasteiger partial charge in [0.05, 0.1) is 28.7 Å². The summed E-state index contributed by atoms with van der Waals surface area (Å²) in [5.74, 6) is -0.335. The van der Waals surface area contributed by atoms with E-state index in [1.165, 1.54) is 4.52 Å². The van der Waals surface area contributed by atoms with E-state index in [1.807, 2.05) is 0 Å². The van der Waals surface area contributed by atoms with E-state index in [4.69, 9.17) is 0 Å². The smallest absolute Gasteiger partial charge is 0.191 e. The molecule has 0 unspecified atom stereocenters. The molecule has 0 aliphatic carbocycles. The van der Waals surface area contributed by atoms with Crippen LogP contribution in [0.15, 0.2) is 30.6 Å². The highest BCUT2D eigenvalue weighted by molar-refractivity contribution is 7.70. The van der Waals surface area contributed by atoms with E-state index >= 15 is 4.39 Å². The van der Waals surface area contributed by atoms with Gasteiger partial charge in [0.25, 0.3) is 0 Å². The van der Waals surface area contributed by atoms with Crippen molar-refractivity contribution >= 4 is 34.8 Å². The molecule has 8 nitrogen and oxygen atoms in total. The van der Waals surface area contributed by atoms with Gasteiger partial charge in [0, 0.05) is 41.3 Å². The summed E-state index contributed by atoms with van der Waals surface area (Å²) in [6.45, 7) is 8.29. The van der Waals surface area contributed by atoms with E-state index in [0.29, 0.717) is 39.5 Å². The van der Waals surface area contributed by atoms with E-state index in [0.717, 1.165) is 12.8 Å². The number of anilines is 1. The fourth-order valence-electron chi connectivity index (χ4n) is 4.72. The third kappa shape index (κ3) is 3.77. The molecular weight excluding hydrogens is 452 g/mol. The van der Waals surface area contributed by atoms with Crippen LogP contribution in [-0.4, -0.2) is 51.0 Å². The quantitative estimate of drug-likeness (QED) is 0.381. The number of H-pyrrole nitrogens is 1. The molecule has 3 N–H and O–H groups in total. The molecule has 0 amide bonds. The van der Waals surface area contributed by atoms with Gasteiger partial charge in [-0.2, -0.15) is 10.4 Å². The lowest BCUT2D eigenvalue weighted by Crippen LogP contribution is -2.50. The van der Waals surface area contributed by atoms with Crippen LogP contribution >= 0.6 is 7.14 Å². The van der Waals surface area contributed by atoms with E-state index < -0.39 is 13.0 Å². The topological polar surface area (TPSA) is 111 Å². The van der Waals surface area contributed by atoms with Gasteiger partial charge in [0.2, 0.25) is 0 Å². The Morgan fingerprint density at radius 2 is 2.12 bits per heavy atom. The molecule has 5 rings (SSSR count). The third-order valence-electron chi connectivity index (χ3n) is 6.51. The van der Waals surface area contributed by atoms with Crippen molar-refractivity contribution in [2.45, 2.75) is 38.3 Å². The average Bonchev–Trinajstić information content (AvgIpc) is 3.41. The summed E-state index contributed by atoms with van der Waals surface area (Å²) in [6, 6.07) is 7.31. The number of nitriles is 1. The van der Waals surface area contributed by atoms with Crippen LogP contribution in [0, 0.1) is 17.1 Å². The molecule has 1 saturated heterocycles. The number of aromatic nitrogens is 4. The Labute approximate surface area is 196 Å². The highest BCUT2D eigenvalue weighted by Crippen LogP contribution is 2.41. The molecule has 1 aliphatic rings. The van der Waals surface area contributed by atoms with Crippen molar-refractivity contribution in [2.24, 2.45) is 0 Å². The molecule has 1 atom stereocenters. The van der Waals surface area contributed by atoms with Gasteiger partial charge in [0.15, 0.2) is 17.3 Å². The van der Waals surface area contributed by atoms with Crippen molar-refractivity contribution < 1.29 is 8.96 Å². The predicted molar refractivity (Wildman–Crippen MR) is 133 cm³/mol. The Bertz CT molecular complexity index is 1500. The number of hydrogen-bond donors (Lipinski definition) is 3. The van der Waals surface area contributed by atoms with Gasteiger partial charge >= 0.3 is 0 Å². The fourth-order valence-corrected chi connectivity index (χ4v) is 6.15. The number of benzene rings is 1. The van der Waals surface area contributed by atoms with Crippen LogP contribution in [0.4, 0.5) is 10.2 Å². The van der Waals surface area contributed by atoms with Gasteiger partial charge in [-0.25, -0.2) is 13.9 Å². The number of fused-ring (bicyclic) bond motifs is 2. The molecule has 1 fully saturated rings. The highest BCUT2D eigenvalue weighted by atomic mass is 31.2. The molecule has 176 valence electrons. The minimum atomic E-state index is -2.79. The monoisotopic (exact) mass is 479 g/mol. The summed E-state index contributed by atoms with van der Waals surface area (Å²) in [4.78, 5) is 7.64. The molecule has 4 heterocycles. The SMILES string of the molecule is CC1(C)CC[C@H](Nc2nc3ccnn3c(-c3c[nH]c4c(P(C)(C)=O)c(C#N)ccc34)c2F)CN1. The van der Waals surface area contributed by atoms with E-state index in [2.05, 4.69) is 45.6 Å². The Morgan fingerprint density at radius 3 is 2.79 bits per heavy atom. The van der Waals surface area contributed by atoms with E-state index in [-0.39, 0.29) is 23.1 Å². The molecule has 1 aromatic carbocycles. The zero-order chi connectivity index (χ0) is 24.3. The summed E-state index contributed by atoms with van der Waals surface area (Å²) in [5.41, 5.74) is 2.32. The van der Waals surface area contributed by atoms with Gasteiger partial charge < -0.3 is 20.2 Å². The molecule has 1 aliphatic heterocycles. The Kier molecular flexibility index (Phi) is 5.27. The van der Waals surface area contributed by atoms with E-state index in [1.54, 1.807) is 43.9 Å². The van der Waals surface area contributed by atoms with Crippen LogP contribution in [0.3, 0.4) is 0 Å². The summed E-state index contributed by atoms with van der Waals surface area (Å²) in [6.07, 6.45) is 5.13. The second-order valence-electron chi connectivity index (χ2n) is 9.92. The predicted octanol–water partition coefficient (Wildman–Crippen LogP) is 4.08. The van der Waals surface area contributed by atoms with Gasteiger partial charge in [-0.05, 0) is 46.1 Å². The summed E-state index contributed by atoms with van der Waals surface area (Å²) < 4.78 is 30.5. The van der Waals surface area contributed by atoms with Crippen molar-refractivity contribution in [3.05, 3.63) is 42.0 Å². The summed E-state index contributed by atoms with van der Waals surface area (Å²) in [5, 5.41) is 21.8. The van der Waals surface area contributed by atoms with Crippen molar-refractivity contribution in [3.8, 4) is 17.3 Å². The zero-order valence-electron chi connectivity index (χ0n) is 19.6. The van der Waals surface area contributed by atoms with Crippen molar-refractivity contribution in [1.82, 2.24) is 24.9 Å². The maximum atomic E-state index is 16.0. The molecule has 34 heavy (non-hydrogen) atoms. The first-order valence-corrected chi connectivity index (χ1v) is 13.8. The molecule has 4 aromatic rings. The second-order valence-corrected chi connectivity index (χ2v) is 13.1. The zero-order valence-corrected chi connectivity index (χ0v) is 20.5. The maximum Gasteiger partial charge on any atom is 0.191 e. The van der Waals surface area contributed by atoms with Crippen molar-refractivity contribution in [3.63, 3.8) is 0 Å². The number of aromatic amines is 1. The van der Waals surface area contributed by atoms with Crippen molar-refractivity contribution in [2.75, 3.05) is 25.2 Å². The number of nitrogens with one attached hydrogen (secondary N) is 3. The van der Waals surface area contributed by atoms with Crippen LogP contribution in [0.1, 0.15) is 32.3 Å². The first-order chi connectivity index (χ1) is 16.1. The summed E-state index contributed by atoms with van der Waals surface area (Å²) >= 11 is 0. The highest BCUT2D eigenvalue weighted by Gasteiger charge is 2.29. The lowest BCUT2D eigenvalue weighted by Gasteiger charge is -2.36. The largest absolute Gasteiger partial charge is 0.363 e. The lowest BCUT2D eigenvalue weighted by molar-refractivity contribution is 0.289. The molecule has 3 aromatic heterocycles. The molecule has 0 radical (unpaired) electrons. The second kappa shape index (κ2) is 7.93. The van der Waals surface area contributed by atoms with Crippen LogP contribution in [0.2, 0.25) is 0 Å². The van der Waals surface area contributed by atoms with Crippen molar-refractivity contribution in [1.29, 1.82) is 5.26 Å². The lowest BCUT2D eigenvalue weighted by atomic mass is 9.91. The van der Waals surface area contributed by atoms with Crippen LogP contribution in [0.5, 0.6) is 0 Å². The fraction of sp³-hybridized carbons (Fsp3) is 0.375. The third-order valence-corrected chi connectivity index (χ3v) is 8.05. The molecule has 0 spiro atoms. The van der Waals surface area contributed by atoms with Gasteiger partial charge in [-0.1, -0.05) is 6.07 Å². The van der Waals surface area contributed by atoms with E-state index in [9.17, 15) is 9.83 Å². The van der Waals surface area contributed by atoms with Gasteiger partial charge in [-0.3, -0.25) is 0 Å². The number of nitrogens with zero attached hydrogens (tertiary/aromatic N) is 4. The Hall–Kier alpha value is -3.21. The van der Waals surface area contributed by atoms with Crippen LogP contribution in [0.25, 0.3) is 27.8 Å². The maximum absolute atomic E-state index is 16.0. The first-order valence-electron chi connectivity index (χ1n) is 11.2. The Balaban J connectivity index is 1.66. The van der Waals surface area contributed by atoms with Gasteiger partial charge in [-0.15, -0.1) is 0 Å². The minimum Gasteiger partial charge on any atom is -0.363 e. The molecule has 0 bridgehead atoms. The van der Waals surface area contributed by atoms with Crippen LogP contribution < -0.4 is 15.9 Å². The molecule has 10 heteroatoms. The normalized spacial score (nSPS) is 18.3.